The summed E-state index contributed by atoms with van der Waals surface area (Å²) in [6.45, 7) is 4.41. The number of aromatic nitrogens is 1. The van der Waals surface area contributed by atoms with E-state index >= 15 is 0 Å². The molecule has 1 fully saturated rings. The molecule has 3 heteroatoms. The van der Waals surface area contributed by atoms with Crippen molar-refractivity contribution in [1.82, 2.24) is 10.3 Å². The van der Waals surface area contributed by atoms with Gasteiger partial charge in [0.05, 0.1) is 6.20 Å². The summed E-state index contributed by atoms with van der Waals surface area (Å²) in [5.74, 6) is 0.450. The minimum absolute atomic E-state index is 0.166. The van der Waals surface area contributed by atoms with Crippen LogP contribution in [0.25, 0.3) is 0 Å². The van der Waals surface area contributed by atoms with Gasteiger partial charge >= 0.3 is 0 Å². The molecule has 2 rings (SSSR count). The van der Waals surface area contributed by atoms with Gasteiger partial charge in [-0.3, -0.25) is 4.98 Å². The van der Waals surface area contributed by atoms with Crippen LogP contribution in [0.2, 0.25) is 0 Å². The van der Waals surface area contributed by atoms with Crippen LogP contribution in [0.15, 0.2) is 18.5 Å². The van der Waals surface area contributed by atoms with Crippen molar-refractivity contribution in [2.75, 3.05) is 0 Å². The second kappa shape index (κ2) is 6.28. The molecule has 1 aromatic heterocycles. The summed E-state index contributed by atoms with van der Waals surface area (Å²) in [6.07, 6.45) is 9.52. The van der Waals surface area contributed by atoms with Crippen molar-refractivity contribution in [2.45, 2.75) is 58.0 Å². The highest BCUT2D eigenvalue weighted by Crippen LogP contribution is 2.25. The van der Waals surface area contributed by atoms with E-state index in [1.807, 2.05) is 0 Å². The molecule has 1 heterocycles. The topological polar surface area (TPSA) is 24.9 Å². The van der Waals surface area contributed by atoms with Gasteiger partial charge in [0, 0.05) is 18.3 Å². The lowest BCUT2D eigenvalue weighted by Gasteiger charge is -2.27. The number of pyridine rings is 1. The molecule has 1 N–H and O–H groups in total. The first kappa shape index (κ1) is 13.5. The summed E-state index contributed by atoms with van der Waals surface area (Å²) < 4.78 is 13.2. The summed E-state index contributed by atoms with van der Waals surface area (Å²) in [4.78, 5) is 3.92. The first-order chi connectivity index (χ1) is 8.66. The predicted molar refractivity (Wildman–Crippen MR) is 71.8 cm³/mol. The molecule has 0 saturated heterocycles. The Bertz CT molecular complexity index is 381. The minimum Gasteiger partial charge on any atom is -0.307 e. The van der Waals surface area contributed by atoms with Gasteiger partial charge < -0.3 is 5.32 Å². The molecular formula is C15H23FN2. The van der Waals surface area contributed by atoms with Crippen molar-refractivity contribution in [1.29, 1.82) is 0 Å². The monoisotopic (exact) mass is 250 g/mol. The molecule has 3 unspecified atom stereocenters. The van der Waals surface area contributed by atoms with Crippen molar-refractivity contribution >= 4 is 0 Å². The fraction of sp³-hybridized carbons (Fsp3) is 0.667. The van der Waals surface area contributed by atoms with E-state index in [0.717, 1.165) is 5.56 Å². The normalized spacial score (nSPS) is 26.6. The standard InChI is InChI=1S/C15H23FN2/c1-11-6-4-3-5-7-15(11)18-12(2)13-8-14(16)10-17-9-13/h8-12,15,18H,3-7H2,1-2H3. The molecule has 1 aliphatic rings. The summed E-state index contributed by atoms with van der Waals surface area (Å²) in [5, 5.41) is 3.65. The van der Waals surface area contributed by atoms with Crippen LogP contribution in [0, 0.1) is 11.7 Å². The van der Waals surface area contributed by atoms with Crippen LogP contribution in [0.5, 0.6) is 0 Å². The van der Waals surface area contributed by atoms with E-state index in [9.17, 15) is 4.39 Å². The van der Waals surface area contributed by atoms with Gasteiger partial charge in [-0.1, -0.05) is 26.2 Å². The van der Waals surface area contributed by atoms with E-state index in [2.05, 4.69) is 24.1 Å². The maximum Gasteiger partial charge on any atom is 0.141 e. The minimum atomic E-state index is -0.255. The van der Waals surface area contributed by atoms with Gasteiger partial charge in [0.1, 0.15) is 5.82 Å². The third-order valence-corrected chi connectivity index (χ3v) is 4.05. The second-order valence-electron chi connectivity index (χ2n) is 5.55. The molecule has 3 atom stereocenters. The molecule has 0 bridgehead atoms. The van der Waals surface area contributed by atoms with Crippen molar-refractivity contribution < 1.29 is 4.39 Å². The van der Waals surface area contributed by atoms with Crippen LogP contribution in [-0.4, -0.2) is 11.0 Å². The maximum atomic E-state index is 13.2. The highest BCUT2D eigenvalue weighted by molar-refractivity contribution is 5.14. The van der Waals surface area contributed by atoms with Crippen LogP contribution in [0.3, 0.4) is 0 Å². The molecule has 1 aromatic rings. The SMILES string of the molecule is CC(NC1CCCCCC1C)c1cncc(F)c1. The fourth-order valence-electron chi connectivity index (χ4n) is 2.82. The average Bonchev–Trinajstić information content (AvgIpc) is 2.55. The largest absolute Gasteiger partial charge is 0.307 e. The molecule has 0 aliphatic heterocycles. The molecule has 0 aromatic carbocycles. The van der Waals surface area contributed by atoms with Gasteiger partial charge in [0.15, 0.2) is 0 Å². The smallest absolute Gasteiger partial charge is 0.141 e. The third kappa shape index (κ3) is 3.52. The van der Waals surface area contributed by atoms with Crippen LogP contribution < -0.4 is 5.32 Å². The van der Waals surface area contributed by atoms with Gasteiger partial charge in [0.2, 0.25) is 0 Å². The summed E-state index contributed by atoms with van der Waals surface area (Å²) in [7, 11) is 0. The van der Waals surface area contributed by atoms with Gasteiger partial charge in [0.25, 0.3) is 0 Å². The molecule has 0 spiro atoms. The fourth-order valence-corrected chi connectivity index (χ4v) is 2.82. The van der Waals surface area contributed by atoms with Gasteiger partial charge in [-0.25, -0.2) is 4.39 Å². The summed E-state index contributed by atoms with van der Waals surface area (Å²) in [6, 6.07) is 2.29. The number of hydrogen-bond donors (Lipinski definition) is 1. The molecule has 0 radical (unpaired) electrons. The number of rotatable bonds is 3. The molecule has 18 heavy (non-hydrogen) atoms. The molecule has 1 aliphatic carbocycles. The Hall–Kier alpha value is -0.960. The Labute approximate surface area is 109 Å². The van der Waals surface area contributed by atoms with E-state index in [1.165, 1.54) is 38.3 Å². The lowest BCUT2D eigenvalue weighted by Crippen LogP contribution is -2.36. The van der Waals surface area contributed by atoms with E-state index in [1.54, 1.807) is 12.3 Å². The zero-order valence-corrected chi connectivity index (χ0v) is 11.3. The average molecular weight is 250 g/mol. The van der Waals surface area contributed by atoms with Crippen LogP contribution >= 0.6 is 0 Å². The van der Waals surface area contributed by atoms with Crippen molar-refractivity contribution in [3.63, 3.8) is 0 Å². The number of hydrogen-bond acceptors (Lipinski definition) is 2. The Morgan fingerprint density at radius 1 is 1.28 bits per heavy atom. The van der Waals surface area contributed by atoms with Gasteiger partial charge in [-0.2, -0.15) is 0 Å². The first-order valence-corrected chi connectivity index (χ1v) is 7.03. The maximum absolute atomic E-state index is 13.2. The highest BCUT2D eigenvalue weighted by Gasteiger charge is 2.21. The van der Waals surface area contributed by atoms with E-state index in [-0.39, 0.29) is 11.9 Å². The van der Waals surface area contributed by atoms with Crippen LogP contribution in [0.1, 0.15) is 57.6 Å². The van der Waals surface area contributed by atoms with Crippen LogP contribution in [0.4, 0.5) is 4.39 Å². The third-order valence-electron chi connectivity index (χ3n) is 4.05. The molecule has 2 nitrogen and oxygen atoms in total. The van der Waals surface area contributed by atoms with Crippen LogP contribution in [-0.2, 0) is 0 Å². The lowest BCUT2D eigenvalue weighted by atomic mass is 9.95. The number of halogens is 1. The second-order valence-corrected chi connectivity index (χ2v) is 5.55. The van der Waals surface area contributed by atoms with E-state index in [4.69, 9.17) is 0 Å². The Balaban J connectivity index is 1.99. The molecule has 100 valence electrons. The van der Waals surface area contributed by atoms with E-state index in [0.29, 0.717) is 12.0 Å². The predicted octanol–water partition coefficient (Wildman–Crippen LogP) is 3.84. The first-order valence-electron chi connectivity index (χ1n) is 7.03. The molecule has 1 saturated carbocycles. The zero-order chi connectivity index (χ0) is 13.0. The molecule has 0 amide bonds. The highest BCUT2D eigenvalue weighted by atomic mass is 19.1. The van der Waals surface area contributed by atoms with Crippen molar-refractivity contribution in [3.05, 3.63) is 29.8 Å². The van der Waals surface area contributed by atoms with E-state index < -0.39 is 0 Å². The Morgan fingerprint density at radius 3 is 2.83 bits per heavy atom. The zero-order valence-electron chi connectivity index (χ0n) is 11.3. The lowest BCUT2D eigenvalue weighted by molar-refractivity contribution is 0.329. The Kier molecular flexibility index (Phi) is 4.70. The van der Waals surface area contributed by atoms with Gasteiger partial charge in [-0.15, -0.1) is 0 Å². The number of nitrogens with one attached hydrogen (secondary N) is 1. The summed E-state index contributed by atoms with van der Waals surface area (Å²) in [5.41, 5.74) is 0.937. The Morgan fingerprint density at radius 2 is 2.06 bits per heavy atom. The van der Waals surface area contributed by atoms with Crippen molar-refractivity contribution in [2.24, 2.45) is 5.92 Å². The quantitative estimate of drug-likeness (QED) is 0.824. The number of nitrogens with zero attached hydrogens (tertiary/aromatic N) is 1. The van der Waals surface area contributed by atoms with Gasteiger partial charge in [-0.05, 0) is 37.3 Å². The molecular weight excluding hydrogens is 227 g/mol. The summed E-state index contributed by atoms with van der Waals surface area (Å²) >= 11 is 0. The van der Waals surface area contributed by atoms with Crippen molar-refractivity contribution in [3.8, 4) is 0 Å².